The first-order valence-corrected chi connectivity index (χ1v) is 4.28. The van der Waals surface area contributed by atoms with Crippen molar-refractivity contribution in [2.75, 3.05) is 0 Å². The molecule has 1 rings (SSSR count). The van der Waals surface area contributed by atoms with Gasteiger partial charge in [-0.15, -0.1) is 0 Å². The third kappa shape index (κ3) is 1.86. The van der Waals surface area contributed by atoms with Crippen molar-refractivity contribution in [3.05, 3.63) is 39.4 Å². The minimum absolute atomic E-state index is 0.196. The second-order valence-corrected chi connectivity index (χ2v) is 3.42. The van der Waals surface area contributed by atoms with E-state index in [1.165, 1.54) is 0 Å². The standard InChI is InChI=1S/C10H13NO2/c1-7(2)10-8(3)5-4-6-9(10)11(12)13/h4-7H,1-3H3. The monoisotopic (exact) mass is 179 g/mol. The Labute approximate surface area is 77.5 Å². The van der Waals surface area contributed by atoms with Crippen LogP contribution in [-0.4, -0.2) is 4.92 Å². The second-order valence-electron chi connectivity index (χ2n) is 3.42. The molecule has 0 aliphatic carbocycles. The highest BCUT2D eigenvalue weighted by Gasteiger charge is 2.17. The van der Waals surface area contributed by atoms with Crippen LogP contribution in [0.3, 0.4) is 0 Å². The SMILES string of the molecule is Cc1cccc([N+](=O)[O-])c1C(C)C. The summed E-state index contributed by atoms with van der Waals surface area (Å²) in [4.78, 5) is 10.4. The van der Waals surface area contributed by atoms with Crippen molar-refractivity contribution >= 4 is 5.69 Å². The molecule has 0 heterocycles. The third-order valence-electron chi connectivity index (χ3n) is 2.08. The Morgan fingerprint density at radius 2 is 2.00 bits per heavy atom. The molecule has 3 nitrogen and oxygen atoms in total. The molecule has 0 N–H and O–H groups in total. The maximum absolute atomic E-state index is 10.7. The molecule has 0 unspecified atom stereocenters. The van der Waals surface area contributed by atoms with Gasteiger partial charge >= 0.3 is 0 Å². The van der Waals surface area contributed by atoms with Gasteiger partial charge in [0.05, 0.1) is 4.92 Å². The van der Waals surface area contributed by atoms with Crippen LogP contribution in [-0.2, 0) is 0 Å². The lowest BCUT2D eigenvalue weighted by Gasteiger charge is -2.09. The van der Waals surface area contributed by atoms with Gasteiger partial charge in [0.1, 0.15) is 0 Å². The molecule has 0 aliphatic rings. The molecule has 70 valence electrons. The van der Waals surface area contributed by atoms with Crippen LogP contribution in [0.15, 0.2) is 18.2 Å². The fourth-order valence-electron chi connectivity index (χ4n) is 1.58. The zero-order valence-electron chi connectivity index (χ0n) is 8.07. The molecule has 0 aliphatic heterocycles. The summed E-state index contributed by atoms with van der Waals surface area (Å²) >= 11 is 0. The first-order chi connectivity index (χ1) is 6.04. The number of rotatable bonds is 2. The number of nitro groups is 1. The largest absolute Gasteiger partial charge is 0.273 e. The molecule has 0 fully saturated rings. The van der Waals surface area contributed by atoms with Crippen LogP contribution in [0.25, 0.3) is 0 Å². The zero-order chi connectivity index (χ0) is 10.0. The van der Waals surface area contributed by atoms with Crippen LogP contribution in [0, 0.1) is 17.0 Å². The van der Waals surface area contributed by atoms with Crippen LogP contribution in [0.2, 0.25) is 0 Å². The average molecular weight is 179 g/mol. The van der Waals surface area contributed by atoms with Crippen molar-refractivity contribution in [3.63, 3.8) is 0 Å². The van der Waals surface area contributed by atoms with E-state index in [4.69, 9.17) is 0 Å². The molecule has 0 atom stereocenters. The number of aryl methyl sites for hydroxylation is 1. The average Bonchev–Trinajstić information content (AvgIpc) is 2.02. The van der Waals surface area contributed by atoms with Crippen LogP contribution in [0.4, 0.5) is 5.69 Å². The Bertz CT molecular complexity index is 332. The van der Waals surface area contributed by atoms with Gasteiger partial charge < -0.3 is 0 Å². The minimum atomic E-state index is -0.317. The van der Waals surface area contributed by atoms with Gasteiger partial charge in [-0.2, -0.15) is 0 Å². The van der Waals surface area contributed by atoms with E-state index < -0.39 is 0 Å². The number of benzene rings is 1. The fraction of sp³-hybridized carbons (Fsp3) is 0.400. The van der Waals surface area contributed by atoms with Crippen LogP contribution >= 0.6 is 0 Å². The second kappa shape index (κ2) is 3.56. The Balaban J connectivity index is 3.34. The predicted molar refractivity (Wildman–Crippen MR) is 51.9 cm³/mol. The number of hydrogen-bond acceptors (Lipinski definition) is 2. The lowest BCUT2D eigenvalue weighted by molar-refractivity contribution is -0.385. The lowest BCUT2D eigenvalue weighted by atomic mass is 9.96. The summed E-state index contributed by atoms with van der Waals surface area (Å²) < 4.78 is 0. The highest BCUT2D eigenvalue weighted by atomic mass is 16.6. The molecule has 3 heteroatoms. The van der Waals surface area contributed by atoms with E-state index in [1.807, 2.05) is 26.8 Å². The van der Waals surface area contributed by atoms with Gasteiger partial charge in [0.2, 0.25) is 0 Å². The maximum Gasteiger partial charge on any atom is 0.273 e. The number of nitrogens with zero attached hydrogens (tertiary/aromatic N) is 1. The highest BCUT2D eigenvalue weighted by molar-refractivity contribution is 5.46. The Morgan fingerprint density at radius 1 is 1.38 bits per heavy atom. The number of nitro benzene ring substituents is 1. The van der Waals surface area contributed by atoms with Crippen LogP contribution in [0.1, 0.15) is 30.9 Å². The van der Waals surface area contributed by atoms with E-state index in [-0.39, 0.29) is 16.5 Å². The van der Waals surface area contributed by atoms with E-state index in [1.54, 1.807) is 12.1 Å². The molecule has 0 bridgehead atoms. The van der Waals surface area contributed by atoms with Crippen LogP contribution in [0.5, 0.6) is 0 Å². The lowest BCUT2D eigenvalue weighted by Crippen LogP contribution is -1.99. The third-order valence-corrected chi connectivity index (χ3v) is 2.08. The molecule has 1 aromatic carbocycles. The molecule has 0 radical (unpaired) electrons. The molecule has 0 saturated carbocycles. The van der Waals surface area contributed by atoms with E-state index in [9.17, 15) is 10.1 Å². The van der Waals surface area contributed by atoms with Crippen LogP contribution < -0.4 is 0 Å². The van der Waals surface area contributed by atoms with Gasteiger partial charge in [0, 0.05) is 11.6 Å². The highest BCUT2D eigenvalue weighted by Crippen LogP contribution is 2.28. The van der Waals surface area contributed by atoms with Crippen molar-refractivity contribution in [2.24, 2.45) is 0 Å². The smallest absolute Gasteiger partial charge is 0.258 e. The maximum atomic E-state index is 10.7. The summed E-state index contributed by atoms with van der Waals surface area (Å²) in [5.41, 5.74) is 2.06. The molecule has 13 heavy (non-hydrogen) atoms. The van der Waals surface area contributed by atoms with Gasteiger partial charge in [-0.05, 0) is 18.4 Å². The van der Waals surface area contributed by atoms with Crippen molar-refractivity contribution in [2.45, 2.75) is 26.7 Å². The van der Waals surface area contributed by atoms with E-state index in [2.05, 4.69) is 0 Å². The first-order valence-electron chi connectivity index (χ1n) is 4.28. The zero-order valence-corrected chi connectivity index (χ0v) is 8.07. The summed E-state index contributed by atoms with van der Waals surface area (Å²) in [7, 11) is 0. The minimum Gasteiger partial charge on any atom is -0.258 e. The topological polar surface area (TPSA) is 43.1 Å². The predicted octanol–water partition coefficient (Wildman–Crippen LogP) is 3.03. The molecule has 1 aromatic rings. The molecular formula is C10H13NO2. The molecular weight excluding hydrogens is 166 g/mol. The summed E-state index contributed by atoms with van der Waals surface area (Å²) in [6, 6.07) is 5.18. The van der Waals surface area contributed by atoms with Gasteiger partial charge in [-0.3, -0.25) is 10.1 Å². The molecule has 0 spiro atoms. The van der Waals surface area contributed by atoms with Crippen molar-refractivity contribution < 1.29 is 4.92 Å². The summed E-state index contributed by atoms with van der Waals surface area (Å²) in [6.07, 6.45) is 0. The Morgan fingerprint density at radius 3 is 2.38 bits per heavy atom. The van der Waals surface area contributed by atoms with E-state index in [0.717, 1.165) is 11.1 Å². The molecule has 0 saturated heterocycles. The van der Waals surface area contributed by atoms with Gasteiger partial charge in [-0.1, -0.05) is 26.0 Å². The van der Waals surface area contributed by atoms with Crippen molar-refractivity contribution in [3.8, 4) is 0 Å². The quantitative estimate of drug-likeness (QED) is 0.517. The van der Waals surface area contributed by atoms with Gasteiger partial charge in [0.15, 0.2) is 0 Å². The molecule has 0 aromatic heterocycles. The summed E-state index contributed by atoms with van der Waals surface area (Å²) in [5, 5.41) is 10.7. The molecule has 0 amide bonds. The van der Waals surface area contributed by atoms with Crippen molar-refractivity contribution in [1.29, 1.82) is 0 Å². The van der Waals surface area contributed by atoms with E-state index in [0.29, 0.717) is 0 Å². The Kier molecular flexibility index (Phi) is 2.66. The first kappa shape index (κ1) is 9.71. The fourth-order valence-corrected chi connectivity index (χ4v) is 1.58. The summed E-state index contributed by atoms with van der Waals surface area (Å²) in [6.45, 7) is 5.84. The van der Waals surface area contributed by atoms with Crippen molar-refractivity contribution in [1.82, 2.24) is 0 Å². The number of hydrogen-bond donors (Lipinski definition) is 0. The Hall–Kier alpha value is -1.38. The normalized spacial score (nSPS) is 10.5. The van der Waals surface area contributed by atoms with E-state index >= 15 is 0 Å². The van der Waals surface area contributed by atoms with Gasteiger partial charge in [0.25, 0.3) is 5.69 Å². The summed E-state index contributed by atoms with van der Waals surface area (Å²) in [5.74, 6) is 0.196. The van der Waals surface area contributed by atoms with Gasteiger partial charge in [-0.25, -0.2) is 0 Å².